The summed E-state index contributed by atoms with van der Waals surface area (Å²) in [6.07, 6.45) is -4.87. The maximum atomic E-state index is 11.2. The Hall–Kier alpha value is -0.870. The van der Waals surface area contributed by atoms with Gasteiger partial charge in [-0.3, -0.25) is 0 Å². The fourth-order valence-electron chi connectivity index (χ4n) is 0.231. The van der Waals surface area contributed by atoms with Crippen LogP contribution in [-0.4, -0.2) is 19.2 Å². The predicted octanol–water partition coefficient (Wildman–Crippen LogP) is 0.00150. The number of hydrogen-bond donors (Lipinski definition) is 0. The van der Waals surface area contributed by atoms with Gasteiger partial charge in [0.1, 0.15) is 0 Å². The topological polar surface area (TPSA) is 49.4 Å². The monoisotopic (exact) mass is 139 g/mol. The van der Waals surface area contributed by atoms with Crippen LogP contribution in [0.4, 0.5) is 13.6 Å². The smallest absolute Gasteiger partial charge is 0.251 e. The lowest BCUT2D eigenvalue weighted by molar-refractivity contribution is -0.283. The van der Waals surface area contributed by atoms with Crippen LogP contribution in [0, 0.1) is 0 Å². The van der Waals surface area contributed by atoms with Crippen molar-refractivity contribution in [2.75, 3.05) is 6.61 Å². The molecule has 0 bridgehead atoms. The quantitative estimate of drug-likeness (QED) is 0.517. The fourth-order valence-corrected chi connectivity index (χ4v) is 0.231. The lowest BCUT2D eigenvalue weighted by Gasteiger charge is -2.05. The van der Waals surface area contributed by atoms with Gasteiger partial charge in [-0.15, -0.1) is 0 Å². The molecule has 0 aromatic carbocycles. The minimum Gasteiger partial charge on any atom is -0.549 e. The Morgan fingerprint density at radius 3 is 2.56 bits per heavy atom. The summed E-state index contributed by atoms with van der Waals surface area (Å²) in [7, 11) is 0. The summed E-state index contributed by atoms with van der Waals surface area (Å²) in [4.78, 5) is 9.40. The highest BCUT2D eigenvalue weighted by molar-refractivity contribution is 5.53. The van der Waals surface area contributed by atoms with Crippen molar-refractivity contribution in [2.24, 2.45) is 0 Å². The Labute approximate surface area is 50.2 Å². The Morgan fingerprint density at radius 2 is 2.22 bits per heavy atom. The molecule has 3 nitrogen and oxygen atoms in total. The second-order valence-corrected chi connectivity index (χ2v) is 1.28. The van der Waals surface area contributed by atoms with Gasteiger partial charge in [-0.05, 0) is 0 Å². The van der Waals surface area contributed by atoms with Crippen LogP contribution in [0.15, 0.2) is 0 Å². The molecule has 0 aliphatic carbocycles. The van der Waals surface area contributed by atoms with Crippen molar-refractivity contribution in [3.63, 3.8) is 0 Å². The summed E-state index contributed by atoms with van der Waals surface area (Å²) in [5, 5.41) is 9.40. The first-order valence-corrected chi connectivity index (χ1v) is 2.25. The van der Waals surface area contributed by atoms with Gasteiger partial charge in [-0.2, -0.15) is 0 Å². The zero-order chi connectivity index (χ0) is 7.28. The van der Waals surface area contributed by atoms with E-state index >= 15 is 0 Å². The third kappa shape index (κ3) is 7.13. The van der Waals surface area contributed by atoms with Gasteiger partial charge in [0, 0.05) is 13.0 Å². The van der Waals surface area contributed by atoms with Gasteiger partial charge < -0.3 is 14.6 Å². The number of hydrogen-bond acceptors (Lipinski definition) is 3. The summed E-state index contributed by atoms with van der Waals surface area (Å²) in [6.45, 7) is -0.500. The zero-order valence-corrected chi connectivity index (χ0v) is 4.47. The first-order valence-electron chi connectivity index (χ1n) is 2.25. The molecule has 0 amide bonds. The summed E-state index contributed by atoms with van der Waals surface area (Å²) in [5.74, 6) is 0. The summed E-state index contributed by atoms with van der Waals surface area (Å²) in [5.41, 5.74) is 0. The highest BCUT2D eigenvalue weighted by atomic mass is 19.3. The molecular formula is C4H5F2O3-. The Morgan fingerprint density at radius 1 is 1.67 bits per heavy atom. The van der Waals surface area contributed by atoms with E-state index in [0.717, 1.165) is 0 Å². The predicted molar refractivity (Wildman–Crippen MR) is 22.0 cm³/mol. The standard InChI is InChI=1S/C4H6F2O3/c5-3(6)1-2-9-4(7)8/h3H,1-2H2,(H,7,8)/p-1. The van der Waals surface area contributed by atoms with Crippen LogP contribution in [0.3, 0.4) is 0 Å². The van der Waals surface area contributed by atoms with Crippen LogP contribution in [0.1, 0.15) is 6.42 Å². The number of carbonyl (C=O) groups is 1. The van der Waals surface area contributed by atoms with Crippen LogP contribution < -0.4 is 5.11 Å². The molecule has 5 heteroatoms. The van der Waals surface area contributed by atoms with Crippen LogP contribution in [0.5, 0.6) is 0 Å². The summed E-state index contributed by atoms with van der Waals surface area (Å²) >= 11 is 0. The molecule has 54 valence electrons. The van der Waals surface area contributed by atoms with Gasteiger partial charge in [0.15, 0.2) is 0 Å². The number of carboxylic acid groups (broad SMARTS) is 1. The maximum Gasteiger partial charge on any atom is 0.251 e. The molecule has 0 fully saturated rings. The van der Waals surface area contributed by atoms with E-state index in [2.05, 4.69) is 4.74 Å². The lowest BCUT2D eigenvalue weighted by atomic mass is 10.5. The van der Waals surface area contributed by atoms with E-state index < -0.39 is 25.6 Å². The van der Waals surface area contributed by atoms with E-state index in [0.29, 0.717) is 0 Å². The zero-order valence-electron chi connectivity index (χ0n) is 4.47. The van der Waals surface area contributed by atoms with Crippen LogP contribution in [0.25, 0.3) is 0 Å². The molecule has 0 heterocycles. The third-order valence-corrected chi connectivity index (χ3v) is 0.556. The summed E-state index contributed by atoms with van der Waals surface area (Å²) < 4.78 is 26.1. The molecule has 0 unspecified atom stereocenters. The first-order chi connectivity index (χ1) is 4.13. The van der Waals surface area contributed by atoms with Crippen molar-refractivity contribution in [1.82, 2.24) is 0 Å². The molecule has 9 heavy (non-hydrogen) atoms. The number of ether oxygens (including phenoxy) is 1. The van der Waals surface area contributed by atoms with E-state index in [1.165, 1.54) is 0 Å². The van der Waals surface area contributed by atoms with Gasteiger partial charge in [-0.25, -0.2) is 8.78 Å². The Balaban J connectivity index is 3.01. The third-order valence-electron chi connectivity index (χ3n) is 0.556. The number of rotatable bonds is 3. The Kier molecular flexibility index (Phi) is 3.66. The molecule has 0 saturated carbocycles. The first kappa shape index (κ1) is 8.13. The van der Waals surface area contributed by atoms with E-state index in [9.17, 15) is 18.7 Å². The molecule has 0 aliphatic rings. The summed E-state index contributed by atoms with van der Waals surface area (Å²) in [6, 6.07) is 0. The molecule has 0 aromatic heterocycles. The van der Waals surface area contributed by atoms with Gasteiger partial charge in [-0.1, -0.05) is 0 Å². The van der Waals surface area contributed by atoms with Gasteiger partial charge >= 0.3 is 0 Å². The molecule has 0 rings (SSSR count). The van der Waals surface area contributed by atoms with E-state index in [-0.39, 0.29) is 0 Å². The van der Waals surface area contributed by atoms with Crippen molar-refractivity contribution < 1.29 is 23.4 Å². The average Bonchev–Trinajstić information content (AvgIpc) is 1.63. The number of halogens is 2. The lowest BCUT2D eigenvalue weighted by Crippen LogP contribution is -2.24. The molecule has 0 radical (unpaired) electrons. The molecule has 0 aromatic rings. The minimum absolute atomic E-state index is 0.500. The maximum absolute atomic E-state index is 11.2. The van der Waals surface area contributed by atoms with Crippen molar-refractivity contribution in [1.29, 1.82) is 0 Å². The van der Waals surface area contributed by atoms with E-state index in [4.69, 9.17) is 0 Å². The van der Waals surface area contributed by atoms with Crippen molar-refractivity contribution >= 4 is 6.16 Å². The number of carbonyl (C=O) groups excluding carboxylic acids is 1. The molecule has 0 N–H and O–H groups in total. The normalized spacial score (nSPS) is 9.67. The number of alkyl halides is 2. The fraction of sp³-hybridized carbons (Fsp3) is 0.750. The molecule has 0 atom stereocenters. The Bertz CT molecular complexity index is 93.8. The second kappa shape index (κ2) is 4.05. The van der Waals surface area contributed by atoms with Gasteiger partial charge in [0.2, 0.25) is 6.43 Å². The minimum atomic E-state index is -2.52. The van der Waals surface area contributed by atoms with Crippen molar-refractivity contribution in [3.05, 3.63) is 0 Å². The molecule has 0 aliphatic heterocycles. The van der Waals surface area contributed by atoms with Gasteiger partial charge in [0.05, 0.1) is 0 Å². The average molecular weight is 139 g/mol. The van der Waals surface area contributed by atoms with Crippen LogP contribution in [0.2, 0.25) is 0 Å². The SMILES string of the molecule is O=C([O-])OCCC(F)F. The molecule has 0 saturated heterocycles. The van der Waals surface area contributed by atoms with E-state index in [1.807, 2.05) is 0 Å². The van der Waals surface area contributed by atoms with Gasteiger partial charge in [0.25, 0.3) is 6.16 Å². The largest absolute Gasteiger partial charge is 0.549 e. The van der Waals surface area contributed by atoms with Crippen LogP contribution in [-0.2, 0) is 4.74 Å². The van der Waals surface area contributed by atoms with Crippen molar-refractivity contribution in [3.8, 4) is 0 Å². The highest BCUT2D eigenvalue weighted by Crippen LogP contribution is 1.97. The van der Waals surface area contributed by atoms with E-state index in [1.54, 1.807) is 0 Å². The highest BCUT2D eigenvalue weighted by Gasteiger charge is 1.99. The van der Waals surface area contributed by atoms with Crippen molar-refractivity contribution in [2.45, 2.75) is 12.8 Å². The molecular weight excluding hydrogens is 134 g/mol. The van der Waals surface area contributed by atoms with Crippen LogP contribution >= 0.6 is 0 Å². The second-order valence-electron chi connectivity index (χ2n) is 1.28. The molecule has 0 spiro atoms.